The third kappa shape index (κ3) is 4.68. The number of carbonyl (C=O) groups is 1. The molecular weight excluding hydrogens is 437 g/mol. The van der Waals surface area contributed by atoms with Crippen molar-refractivity contribution in [1.29, 1.82) is 0 Å². The van der Waals surface area contributed by atoms with Crippen LogP contribution in [-0.2, 0) is 21.2 Å². The Morgan fingerprint density at radius 1 is 1.19 bits per heavy atom. The summed E-state index contributed by atoms with van der Waals surface area (Å²) in [4.78, 5) is 18.4. The Bertz CT molecular complexity index is 1180. The fourth-order valence-corrected chi connectivity index (χ4v) is 5.90. The Kier molecular flexibility index (Phi) is 6.17. The lowest BCUT2D eigenvalue weighted by Crippen LogP contribution is -2.40. The van der Waals surface area contributed by atoms with Crippen molar-refractivity contribution in [2.45, 2.75) is 30.2 Å². The Balaban J connectivity index is 1.46. The summed E-state index contributed by atoms with van der Waals surface area (Å²) in [5.74, 6) is -0.910. The van der Waals surface area contributed by atoms with Crippen molar-refractivity contribution in [3.05, 3.63) is 71.0 Å². The molecule has 0 fully saturated rings. The zero-order valence-corrected chi connectivity index (χ0v) is 18.5. The number of halogens is 1. The summed E-state index contributed by atoms with van der Waals surface area (Å²) in [6.45, 7) is -0.324. The molecule has 2 aromatic carbocycles. The Morgan fingerprint density at radius 2 is 1.90 bits per heavy atom. The summed E-state index contributed by atoms with van der Waals surface area (Å²) in [5, 5.41) is 3.89. The molecular formula is C22H22FN3O3S2. The molecule has 3 aromatic rings. The molecule has 0 bridgehead atoms. The highest BCUT2D eigenvalue weighted by molar-refractivity contribution is 7.89. The highest BCUT2D eigenvalue weighted by Crippen LogP contribution is 2.37. The van der Waals surface area contributed by atoms with Gasteiger partial charge in [-0.15, -0.1) is 11.3 Å². The van der Waals surface area contributed by atoms with Gasteiger partial charge in [0.05, 0.1) is 28.1 Å². The monoisotopic (exact) mass is 459 g/mol. The topological polar surface area (TPSA) is 79.4 Å². The van der Waals surface area contributed by atoms with Crippen LogP contribution in [0.2, 0.25) is 0 Å². The largest absolute Gasteiger partial charge is 0.347 e. The second-order valence-corrected chi connectivity index (χ2v) is 10.5. The summed E-state index contributed by atoms with van der Waals surface area (Å²) in [6, 6.07) is 14.3. The van der Waals surface area contributed by atoms with Gasteiger partial charge in [-0.25, -0.2) is 17.8 Å². The smallest absolute Gasteiger partial charge is 0.243 e. The van der Waals surface area contributed by atoms with Gasteiger partial charge in [-0.3, -0.25) is 4.79 Å². The van der Waals surface area contributed by atoms with Crippen molar-refractivity contribution in [3.63, 3.8) is 0 Å². The number of aromatic nitrogens is 1. The molecule has 1 amide bonds. The van der Waals surface area contributed by atoms with Crippen LogP contribution in [0.3, 0.4) is 0 Å². The molecule has 6 nitrogen and oxygen atoms in total. The van der Waals surface area contributed by atoms with Crippen molar-refractivity contribution < 1.29 is 17.6 Å². The van der Waals surface area contributed by atoms with Crippen LogP contribution in [0.15, 0.2) is 59.5 Å². The molecule has 0 radical (unpaired) electrons. The minimum atomic E-state index is -3.89. The fraction of sp³-hybridized carbons (Fsp3) is 0.273. The molecule has 1 aliphatic carbocycles. The molecule has 0 saturated heterocycles. The molecule has 9 heteroatoms. The van der Waals surface area contributed by atoms with Gasteiger partial charge in [0.15, 0.2) is 0 Å². The number of nitrogens with one attached hydrogen (secondary N) is 1. The first kappa shape index (κ1) is 21.6. The van der Waals surface area contributed by atoms with Gasteiger partial charge in [-0.1, -0.05) is 30.3 Å². The first-order valence-electron chi connectivity index (χ1n) is 9.91. The van der Waals surface area contributed by atoms with E-state index < -0.39 is 15.8 Å². The molecule has 31 heavy (non-hydrogen) atoms. The average molecular weight is 460 g/mol. The van der Waals surface area contributed by atoms with E-state index in [4.69, 9.17) is 4.98 Å². The van der Waals surface area contributed by atoms with Crippen molar-refractivity contribution in [3.8, 4) is 10.6 Å². The van der Waals surface area contributed by atoms with E-state index in [2.05, 4.69) is 5.32 Å². The van der Waals surface area contributed by atoms with Crippen LogP contribution >= 0.6 is 11.3 Å². The van der Waals surface area contributed by atoms with Crippen LogP contribution in [0.25, 0.3) is 10.6 Å². The van der Waals surface area contributed by atoms with Gasteiger partial charge in [0.1, 0.15) is 10.8 Å². The number of sulfonamides is 1. The SMILES string of the molecule is CN(CC(=O)N[C@H]1CCCc2nc(-c3ccccc3)sc21)S(=O)(=O)c1ccc(F)cc1. The standard InChI is InChI=1S/C22H22FN3O3S2/c1-26(31(28,29)17-12-10-16(23)11-13-17)14-20(27)24-18-8-5-9-19-21(18)30-22(25-19)15-6-3-2-4-7-15/h2-4,6-7,10-13,18H,5,8-9,14H2,1H3,(H,24,27)/t18-/m0/s1. The van der Waals surface area contributed by atoms with Crippen molar-refractivity contribution in [2.75, 3.05) is 13.6 Å². The Labute approximate surface area is 184 Å². The zero-order chi connectivity index (χ0) is 22.0. The van der Waals surface area contributed by atoms with Crippen molar-refractivity contribution >= 4 is 27.3 Å². The van der Waals surface area contributed by atoms with E-state index in [-0.39, 0.29) is 23.4 Å². The predicted molar refractivity (Wildman–Crippen MR) is 118 cm³/mol. The Hall–Kier alpha value is -2.62. The summed E-state index contributed by atoms with van der Waals surface area (Å²) >= 11 is 1.57. The van der Waals surface area contributed by atoms with E-state index in [1.165, 1.54) is 19.2 Å². The second-order valence-electron chi connectivity index (χ2n) is 7.42. The minimum Gasteiger partial charge on any atom is -0.347 e. The maximum absolute atomic E-state index is 13.1. The number of carbonyl (C=O) groups excluding carboxylic acids is 1. The predicted octanol–water partition coefficient (Wildman–Crippen LogP) is 3.76. The lowest BCUT2D eigenvalue weighted by Gasteiger charge is -2.24. The van der Waals surface area contributed by atoms with E-state index in [0.717, 1.165) is 56.8 Å². The van der Waals surface area contributed by atoms with E-state index in [1.54, 1.807) is 11.3 Å². The number of rotatable bonds is 6. The number of hydrogen-bond acceptors (Lipinski definition) is 5. The third-order valence-corrected chi connectivity index (χ3v) is 8.27. The maximum atomic E-state index is 13.1. The summed E-state index contributed by atoms with van der Waals surface area (Å²) in [7, 11) is -2.55. The molecule has 1 N–H and O–H groups in total. The summed E-state index contributed by atoms with van der Waals surface area (Å²) in [6.07, 6.45) is 2.55. The number of amides is 1. The van der Waals surface area contributed by atoms with Crippen LogP contribution in [-0.4, -0.2) is 37.2 Å². The first-order valence-corrected chi connectivity index (χ1v) is 12.2. The quantitative estimate of drug-likeness (QED) is 0.609. The van der Waals surface area contributed by atoms with Gasteiger partial charge in [-0.05, 0) is 43.5 Å². The lowest BCUT2D eigenvalue weighted by atomic mass is 9.98. The highest BCUT2D eigenvalue weighted by Gasteiger charge is 2.28. The summed E-state index contributed by atoms with van der Waals surface area (Å²) in [5.41, 5.74) is 2.03. The zero-order valence-electron chi connectivity index (χ0n) is 16.9. The first-order chi connectivity index (χ1) is 14.8. The van der Waals surface area contributed by atoms with E-state index >= 15 is 0 Å². The van der Waals surface area contributed by atoms with Crippen molar-refractivity contribution in [2.24, 2.45) is 0 Å². The molecule has 0 aliphatic heterocycles. The molecule has 162 valence electrons. The Morgan fingerprint density at radius 3 is 2.61 bits per heavy atom. The molecule has 0 spiro atoms. The van der Waals surface area contributed by atoms with Crippen LogP contribution in [0.4, 0.5) is 4.39 Å². The molecule has 1 aromatic heterocycles. The van der Waals surface area contributed by atoms with Gasteiger partial charge < -0.3 is 5.32 Å². The molecule has 4 rings (SSSR count). The lowest BCUT2D eigenvalue weighted by molar-refractivity contribution is -0.121. The summed E-state index contributed by atoms with van der Waals surface area (Å²) < 4.78 is 39.4. The van der Waals surface area contributed by atoms with Gasteiger partial charge >= 0.3 is 0 Å². The fourth-order valence-electron chi connectivity index (χ4n) is 3.58. The molecule has 0 unspecified atom stereocenters. The number of thiazole rings is 1. The van der Waals surface area contributed by atoms with E-state index in [9.17, 15) is 17.6 Å². The average Bonchev–Trinajstić information content (AvgIpc) is 3.20. The number of likely N-dealkylation sites (N-methyl/N-ethyl adjacent to an activating group) is 1. The normalized spacial score (nSPS) is 16.2. The van der Waals surface area contributed by atoms with Gasteiger partial charge in [0.2, 0.25) is 15.9 Å². The second kappa shape index (κ2) is 8.86. The van der Waals surface area contributed by atoms with Gasteiger partial charge in [0, 0.05) is 12.6 Å². The van der Waals surface area contributed by atoms with E-state index in [1.807, 2.05) is 30.3 Å². The number of benzene rings is 2. The van der Waals surface area contributed by atoms with Crippen LogP contribution in [0.1, 0.15) is 29.5 Å². The number of fused-ring (bicyclic) bond motifs is 1. The van der Waals surface area contributed by atoms with Crippen LogP contribution in [0.5, 0.6) is 0 Å². The minimum absolute atomic E-state index is 0.0564. The van der Waals surface area contributed by atoms with Crippen LogP contribution in [0, 0.1) is 5.82 Å². The molecule has 1 atom stereocenters. The van der Waals surface area contributed by atoms with Gasteiger partial charge in [-0.2, -0.15) is 4.31 Å². The van der Waals surface area contributed by atoms with Crippen molar-refractivity contribution in [1.82, 2.24) is 14.6 Å². The molecule has 1 aliphatic rings. The van der Waals surface area contributed by atoms with Crippen LogP contribution < -0.4 is 5.32 Å². The third-order valence-electron chi connectivity index (χ3n) is 5.19. The maximum Gasteiger partial charge on any atom is 0.243 e. The molecule has 0 saturated carbocycles. The highest BCUT2D eigenvalue weighted by atomic mass is 32.2. The number of aryl methyl sites for hydroxylation is 1. The molecule has 1 heterocycles. The van der Waals surface area contributed by atoms with Gasteiger partial charge in [0.25, 0.3) is 0 Å². The number of hydrogen-bond donors (Lipinski definition) is 1. The number of nitrogens with zero attached hydrogens (tertiary/aromatic N) is 2. The van der Waals surface area contributed by atoms with E-state index in [0.29, 0.717) is 0 Å².